The molecule has 0 saturated carbocycles. The normalized spacial score (nSPS) is 13.9. The molecular weight excluding hydrogens is 184 g/mol. The fourth-order valence-electron chi connectivity index (χ4n) is 1.14. The third-order valence-corrected chi connectivity index (χ3v) is 3.81. The van der Waals surface area contributed by atoms with Crippen molar-refractivity contribution in [3.63, 3.8) is 0 Å². The number of hydrogen-bond acceptors (Lipinski definition) is 3. The summed E-state index contributed by atoms with van der Waals surface area (Å²) in [6, 6.07) is 0. The number of hydrogen-bond donors (Lipinski definition) is 0. The van der Waals surface area contributed by atoms with Crippen LogP contribution in [-0.2, 0) is 9.59 Å². The molecule has 0 bridgehead atoms. The standard InChI is InChI=1S/C10H18O2S/c1-6-10(4,5)9(7(2)11)13-8(3)12/h9H,6H2,1-5H3. The smallest absolute Gasteiger partial charge is 0.186 e. The first-order chi connectivity index (χ1) is 5.81. The van der Waals surface area contributed by atoms with Crippen molar-refractivity contribution in [2.75, 3.05) is 0 Å². The summed E-state index contributed by atoms with van der Waals surface area (Å²) in [6.45, 7) is 9.14. The van der Waals surface area contributed by atoms with Gasteiger partial charge in [0.05, 0.1) is 5.25 Å². The van der Waals surface area contributed by atoms with E-state index in [1.165, 1.54) is 6.92 Å². The van der Waals surface area contributed by atoms with E-state index in [0.717, 1.165) is 18.2 Å². The van der Waals surface area contributed by atoms with Crippen LogP contribution in [0.4, 0.5) is 0 Å². The van der Waals surface area contributed by atoms with E-state index in [2.05, 4.69) is 0 Å². The molecule has 0 rings (SSSR count). The van der Waals surface area contributed by atoms with Gasteiger partial charge in [-0.25, -0.2) is 0 Å². The minimum absolute atomic E-state index is 0.0155. The zero-order valence-electron chi connectivity index (χ0n) is 9.01. The first kappa shape index (κ1) is 12.7. The molecule has 0 aromatic carbocycles. The molecule has 0 aliphatic heterocycles. The number of carbonyl (C=O) groups is 2. The third-order valence-electron chi connectivity index (χ3n) is 2.27. The van der Waals surface area contributed by atoms with Crippen LogP contribution in [0.25, 0.3) is 0 Å². The Bertz CT molecular complexity index is 209. The second-order valence-corrected chi connectivity index (χ2v) is 5.22. The highest BCUT2D eigenvalue weighted by molar-refractivity contribution is 8.14. The van der Waals surface area contributed by atoms with Crippen molar-refractivity contribution >= 4 is 22.7 Å². The zero-order valence-corrected chi connectivity index (χ0v) is 9.83. The molecule has 0 aliphatic rings. The van der Waals surface area contributed by atoms with E-state index >= 15 is 0 Å². The molecule has 0 saturated heterocycles. The SMILES string of the molecule is CCC(C)(C)C(SC(C)=O)C(C)=O. The monoisotopic (exact) mass is 202 g/mol. The molecule has 1 unspecified atom stereocenters. The van der Waals surface area contributed by atoms with Gasteiger partial charge in [0.2, 0.25) is 0 Å². The van der Waals surface area contributed by atoms with E-state index < -0.39 is 0 Å². The van der Waals surface area contributed by atoms with Gasteiger partial charge in [-0.2, -0.15) is 0 Å². The number of rotatable bonds is 4. The molecule has 0 N–H and O–H groups in total. The lowest BCUT2D eigenvalue weighted by atomic mass is 9.84. The molecule has 0 radical (unpaired) electrons. The predicted octanol–water partition coefficient (Wildman–Crippen LogP) is 2.66. The van der Waals surface area contributed by atoms with Gasteiger partial charge in [0.15, 0.2) is 5.12 Å². The molecule has 0 amide bonds. The molecule has 0 fully saturated rings. The summed E-state index contributed by atoms with van der Waals surface area (Å²) in [7, 11) is 0. The first-order valence-electron chi connectivity index (χ1n) is 4.49. The van der Waals surface area contributed by atoms with Crippen LogP contribution in [0.2, 0.25) is 0 Å². The molecule has 0 aromatic heterocycles. The van der Waals surface area contributed by atoms with Crippen molar-refractivity contribution < 1.29 is 9.59 Å². The van der Waals surface area contributed by atoms with Crippen LogP contribution in [0.3, 0.4) is 0 Å². The maximum absolute atomic E-state index is 11.3. The average molecular weight is 202 g/mol. The molecule has 3 heteroatoms. The number of thioether (sulfide) groups is 1. The Morgan fingerprint density at radius 3 is 2.00 bits per heavy atom. The summed E-state index contributed by atoms with van der Waals surface area (Å²) in [6.07, 6.45) is 0.900. The van der Waals surface area contributed by atoms with Crippen LogP contribution < -0.4 is 0 Å². The second-order valence-electron chi connectivity index (χ2n) is 3.94. The Kier molecular flexibility index (Phi) is 4.68. The van der Waals surface area contributed by atoms with E-state index in [-0.39, 0.29) is 21.6 Å². The summed E-state index contributed by atoms with van der Waals surface area (Å²) in [5.74, 6) is 0.0899. The maximum Gasteiger partial charge on any atom is 0.186 e. The summed E-state index contributed by atoms with van der Waals surface area (Å²) in [5.41, 5.74) is -0.0951. The van der Waals surface area contributed by atoms with Gasteiger partial charge < -0.3 is 0 Å². The lowest BCUT2D eigenvalue weighted by Crippen LogP contribution is -2.32. The Morgan fingerprint density at radius 2 is 1.77 bits per heavy atom. The van der Waals surface area contributed by atoms with Gasteiger partial charge in [-0.1, -0.05) is 32.5 Å². The topological polar surface area (TPSA) is 34.1 Å². The van der Waals surface area contributed by atoms with Crippen molar-refractivity contribution in [1.29, 1.82) is 0 Å². The average Bonchev–Trinajstić information content (AvgIpc) is 1.99. The molecule has 76 valence electrons. The van der Waals surface area contributed by atoms with E-state index in [9.17, 15) is 9.59 Å². The minimum Gasteiger partial charge on any atom is -0.299 e. The molecule has 0 heterocycles. The van der Waals surface area contributed by atoms with Crippen LogP contribution in [-0.4, -0.2) is 16.1 Å². The van der Waals surface area contributed by atoms with E-state index in [1.54, 1.807) is 6.92 Å². The summed E-state index contributed by atoms with van der Waals surface area (Å²) in [5, 5.41) is -0.184. The van der Waals surface area contributed by atoms with E-state index in [4.69, 9.17) is 0 Å². The lowest BCUT2D eigenvalue weighted by Gasteiger charge is -2.30. The minimum atomic E-state index is -0.199. The van der Waals surface area contributed by atoms with Crippen molar-refractivity contribution in [2.45, 2.75) is 46.3 Å². The highest BCUT2D eigenvalue weighted by Crippen LogP contribution is 2.34. The van der Waals surface area contributed by atoms with Crippen molar-refractivity contribution in [1.82, 2.24) is 0 Å². The highest BCUT2D eigenvalue weighted by atomic mass is 32.2. The van der Waals surface area contributed by atoms with Gasteiger partial charge in [-0.05, 0) is 18.8 Å². The van der Waals surface area contributed by atoms with Crippen LogP contribution in [0.5, 0.6) is 0 Å². The molecule has 0 aliphatic carbocycles. The van der Waals surface area contributed by atoms with Gasteiger partial charge in [-0.15, -0.1) is 0 Å². The van der Waals surface area contributed by atoms with Gasteiger partial charge >= 0.3 is 0 Å². The Balaban J connectivity index is 4.60. The fourth-order valence-corrected chi connectivity index (χ4v) is 2.13. The van der Waals surface area contributed by atoms with E-state index in [1.807, 2.05) is 20.8 Å². The highest BCUT2D eigenvalue weighted by Gasteiger charge is 2.32. The molecule has 1 atom stereocenters. The largest absolute Gasteiger partial charge is 0.299 e. The second kappa shape index (κ2) is 4.80. The predicted molar refractivity (Wildman–Crippen MR) is 56.8 cm³/mol. The van der Waals surface area contributed by atoms with Crippen molar-refractivity contribution in [3.8, 4) is 0 Å². The summed E-state index contributed by atoms with van der Waals surface area (Å²) >= 11 is 1.15. The Hall–Kier alpha value is -0.310. The van der Waals surface area contributed by atoms with Crippen LogP contribution in [0, 0.1) is 5.41 Å². The summed E-state index contributed by atoms with van der Waals surface area (Å²) < 4.78 is 0. The molecule has 0 aromatic rings. The Labute approximate surface area is 84.5 Å². The maximum atomic E-state index is 11.3. The van der Waals surface area contributed by atoms with Gasteiger partial charge in [0.1, 0.15) is 5.78 Å². The first-order valence-corrected chi connectivity index (χ1v) is 5.37. The van der Waals surface area contributed by atoms with E-state index in [0.29, 0.717) is 0 Å². The van der Waals surface area contributed by atoms with Crippen LogP contribution in [0.1, 0.15) is 41.0 Å². The molecule has 2 nitrogen and oxygen atoms in total. The molecule has 0 spiro atoms. The van der Waals surface area contributed by atoms with Crippen molar-refractivity contribution in [2.24, 2.45) is 5.41 Å². The number of carbonyl (C=O) groups excluding carboxylic acids is 2. The zero-order chi connectivity index (χ0) is 10.6. The third kappa shape index (κ3) is 3.94. The van der Waals surface area contributed by atoms with Crippen LogP contribution >= 0.6 is 11.8 Å². The van der Waals surface area contributed by atoms with Gasteiger partial charge in [0, 0.05) is 6.92 Å². The van der Waals surface area contributed by atoms with Gasteiger partial charge in [0.25, 0.3) is 0 Å². The summed E-state index contributed by atoms with van der Waals surface area (Å²) in [4.78, 5) is 22.2. The number of ketones is 1. The van der Waals surface area contributed by atoms with Crippen LogP contribution in [0.15, 0.2) is 0 Å². The Morgan fingerprint density at radius 1 is 1.31 bits per heavy atom. The van der Waals surface area contributed by atoms with Crippen molar-refractivity contribution in [3.05, 3.63) is 0 Å². The lowest BCUT2D eigenvalue weighted by molar-refractivity contribution is -0.118. The molecular formula is C10H18O2S. The molecule has 13 heavy (non-hydrogen) atoms. The van der Waals surface area contributed by atoms with Gasteiger partial charge in [-0.3, -0.25) is 9.59 Å². The fraction of sp³-hybridized carbons (Fsp3) is 0.800. The number of Topliss-reactive ketones (excluding diaryl/α,β-unsaturated/α-hetero) is 1. The quantitative estimate of drug-likeness (QED) is 0.703.